The quantitative estimate of drug-likeness (QED) is 0.601. The average Bonchev–Trinajstić information content (AvgIpc) is 3.17. The Morgan fingerprint density at radius 1 is 1.16 bits per heavy atom. The highest BCUT2D eigenvalue weighted by molar-refractivity contribution is 5.93. The van der Waals surface area contributed by atoms with Gasteiger partial charge in [-0.05, 0) is 46.1 Å². The number of carbonyl (C=O) groups is 4. The number of likely N-dealkylation sites (tertiary alicyclic amines) is 1. The summed E-state index contributed by atoms with van der Waals surface area (Å²) in [6, 6.07) is 6.25. The highest BCUT2D eigenvalue weighted by atomic mass is 16.6. The van der Waals surface area contributed by atoms with Crippen molar-refractivity contribution in [2.45, 2.75) is 70.7 Å². The molecule has 1 aliphatic rings. The summed E-state index contributed by atoms with van der Waals surface area (Å²) < 4.78 is 5.39. The zero-order valence-corrected chi connectivity index (χ0v) is 18.4. The fourth-order valence-corrected chi connectivity index (χ4v) is 3.28. The van der Waals surface area contributed by atoms with Crippen LogP contribution in [-0.2, 0) is 25.5 Å². The second-order valence-corrected chi connectivity index (χ2v) is 8.65. The van der Waals surface area contributed by atoms with Crippen molar-refractivity contribution in [3.8, 4) is 0 Å². The van der Waals surface area contributed by atoms with E-state index in [1.165, 1.54) is 11.8 Å². The summed E-state index contributed by atoms with van der Waals surface area (Å²) in [5, 5.41) is 14.2. The predicted molar refractivity (Wildman–Crippen MR) is 113 cm³/mol. The molecule has 31 heavy (non-hydrogen) atoms. The van der Waals surface area contributed by atoms with E-state index < -0.39 is 47.6 Å². The van der Waals surface area contributed by atoms with Crippen LogP contribution in [0, 0.1) is 0 Å². The van der Waals surface area contributed by atoms with Crippen LogP contribution in [0.5, 0.6) is 0 Å². The number of nitrogens with zero attached hydrogens (tertiary/aromatic N) is 1. The molecule has 0 spiro atoms. The molecule has 0 aromatic heterocycles. The largest absolute Gasteiger partial charge is 0.480 e. The minimum Gasteiger partial charge on any atom is -0.480 e. The number of hydrogen-bond acceptors (Lipinski definition) is 5. The Morgan fingerprint density at radius 2 is 1.81 bits per heavy atom. The molecule has 3 amide bonds. The first kappa shape index (κ1) is 24.2. The summed E-state index contributed by atoms with van der Waals surface area (Å²) in [6.07, 6.45) is 0.706. The predicted octanol–water partition coefficient (Wildman–Crippen LogP) is 1.70. The Bertz CT molecular complexity index is 805. The number of carboxylic acids is 1. The van der Waals surface area contributed by atoms with Gasteiger partial charge in [-0.3, -0.25) is 19.3 Å². The number of nitrogens with one attached hydrogen (secondary N) is 2. The van der Waals surface area contributed by atoms with Crippen molar-refractivity contribution in [3.63, 3.8) is 0 Å². The molecule has 0 aliphatic carbocycles. The maximum Gasteiger partial charge on any atom is 0.410 e. The molecule has 1 aromatic carbocycles. The van der Waals surface area contributed by atoms with Crippen molar-refractivity contribution in [2.75, 3.05) is 6.54 Å². The Morgan fingerprint density at radius 3 is 2.39 bits per heavy atom. The van der Waals surface area contributed by atoms with Crippen molar-refractivity contribution in [2.24, 2.45) is 0 Å². The fraction of sp³-hybridized carbons (Fsp3) is 0.545. The number of carbonyl (C=O) groups excluding carboxylic acids is 3. The zero-order chi connectivity index (χ0) is 23.2. The monoisotopic (exact) mass is 433 g/mol. The second kappa shape index (κ2) is 10.3. The summed E-state index contributed by atoms with van der Waals surface area (Å²) in [5.41, 5.74) is 0.116. The van der Waals surface area contributed by atoms with Gasteiger partial charge in [0.15, 0.2) is 0 Å². The van der Waals surface area contributed by atoms with Crippen LogP contribution in [0.15, 0.2) is 30.3 Å². The first-order chi connectivity index (χ1) is 14.5. The van der Waals surface area contributed by atoms with Crippen molar-refractivity contribution >= 4 is 23.9 Å². The highest BCUT2D eigenvalue weighted by Crippen LogP contribution is 2.21. The van der Waals surface area contributed by atoms with Gasteiger partial charge in [0, 0.05) is 13.0 Å². The van der Waals surface area contributed by atoms with Gasteiger partial charge in [0.2, 0.25) is 11.8 Å². The van der Waals surface area contributed by atoms with E-state index in [0.29, 0.717) is 19.4 Å². The van der Waals surface area contributed by atoms with Gasteiger partial charge in [0.1, 0.15) is 23.7 Å². The standard InChI is InChI=1S/C22H31N3O6/c1-14(20(28)29)23-18(26)16(13-15-9-6-5-7-10-15)24-19(27)17-11-8-12-25(17)21(30)31-22(2,3)4/h5-7,9-10,14,16-17H,8,11-13H2,1-4H3,(H,23,26)(H,24,27)(H,28,29)/t14-,16-,17-/m0/s1. The maximum atomic E-state index is 13.0. The van der Waals surface area contributed by atoms with E-state index in [4.69, 9.17) is 9.84 Å². The molecule has 1 heterocycles. The number of amides is 3. The number of ether oxygens (including phenoxy) is 1. The minimum atomic E-state index is -1.18. The van der Waals surface area contributed by atoms with Gasteiger partial charge in [0.25, 0.3) is 0 Å². The summed E-state index contributed by atoms with van der Waals surface area (Å²) >= 11 is 0. The van der Waals surface area contributed by atoms with Crippen LogP contribution in [0.25, 0.3) is 0 Å². The first-order valence-electron chi connectivity index (χ1n) is 10.3. The third-order valence-corrected chi connectivity index (χ3v) is 4.83. The molecular formula is C22H31N3O6. The first-order valence-corrected chi connectivity index (χ1v) is 10.3. The van der Waals surface area contributed by atoms with Crippen LogP contribution >= 0.6 is 0 Å². The number of benzene rings is 1. The van der Waals surface area contributed by atoms with Crippen molar-refractivity contribution < 1.29 is 29.0 Å². The van der Waals surface area contributed by atoms with E-state index in [1.54, 1.807) is 20.8 Å². The van der Waals surface area contributed by atoms with E-state index in [0.717, 1.165) is 5.56 Å². The normalized spacial score (nSPS) is 18.1. The van der Waals surface area contributed by atoms with Crippen molar-refractivity contribution in [1.29, 1.82) is 0 Å². The lowest BCUT2D eigenvalue weighted by Crippen LogP contribution is -2.55. The molecule has 9 nitrogen and oxygen atoms in total. The van der Waals surface area contributed by atoms with Gasteiger partial charge in [-0.15, -0.1) is 0 Å². The van der Waals surface area contributed by atoms with Crippen LogP contribution in [-0.4, -0.2) is 64.2 Å². The Balaban J connectivity index is 2.14. The minimum absolute atomic E-state index is 0.184. The molecule has 0 saturated carbocycles. The molecule has 0 radical (unpaired) electrons. The Labute approximate surface area is 182 Å². The molecule has 3 atom stereocenters. The van der Waals surface area contributed by atoms with Gasteiger partial charge in [-0.25, -0.2) is 4.79 Å². The summed E-state index contributed by atoms with van der Waals surface area (Å²) in [5.74, 6) is -2.25. The fourth-order valence-electron chi connectivity index (χ4n) is 3.28. The molecule has 0 unspecified atom stereocenters. The molecule has 2 rings (SSSR count). The number of aliphatic carboxylic acids is 1. The molecule has 9 heteroatoms. The van der Waals surface area contributed by atoms with Gasteiger partial charge in [-0.1, -0.05) is 30.3 Å². The smallest absolute Gasteiger partial charge is 0.410 e. The van der Waals surface area contributed by atoms with E-state index >= 15 is 0 Å². The lowest BCUT2D eigenvalue weighted by Gasteiger charge is -2.29. The molecule has 1 fully saturated rings. The van der Waals surface area contributed by atoms with Gasteiger partial charge in [-0.2, -0.15) is 0 Å². The molecule has 3 N–H and O–H groups in total. The summed E-state index contributed by atoms with van der Waals surface area (Å²) in [4.78, 5) is 50.7. The molecule has 0 bridgehead atoms. The number of hydrogen-bond donors (Lipinski definition) is 3. The van der Waals surface area contributed by atoms with Crippen molar-refractivity contribution in [3.05, 3.63) is 35.9 Å². The zero-order valence-electron chi connectivity index (χ0n) is 18.4. The molecule has 1 aromatic rings. The molecular weight excluding hydrogens is 402 g/mol. The van der Waals surface area contributed by atoms with Crippen LogP contribution in [0.3, 0.4) is 0 Å². The molecule has 1 saturated heterocycles. The van der Waals surface area contributed by atoms with E-state index in [-0.39, 0.29) is 6.42 Å². The van der Waals surface area contributed by atoms with E-state index in [9.17, 15) is 19.2 Å². The van der Waals surface area contributed by atoms with E-state index in [1.807, 2.05) is 30.3 Å². The summed E-state index contributed by atoms with van der Waals surface area (Å²) in [7, 11) is 0. The van der Waals surface area contributed by atoms with Crippen LogP contribution in [0.4, 0.5) is 4.79 Å². The third kappa shape index (κ3) is 7.27. The van der Waals surface area contributed by atoms with Crippen LogP contribution in [0.1, 0.15) is 46.1 Å². The van der Waals surface area contributed by atoms with Gasteiger partial charge >= 0.3 is 12.1 Å². The van der Waals surface area contributed by atoms with Crippen molar-refractivity contribution in [1.82, 2.24) is 15.5 Å². The van der Waals surface area contributed by atoms with Crippen LogP contribution in [0.2, 0.25) is 0 Å². The SMILES string of the molecule is C[C@H](NC(=O)[C@H](Cc1ccccc1)NC(=O)[C@@H]1CCCN1C(=O)OC(C)(C)C)C(=O)O. The van der Waals surface area contributed by atoms with Gasteiger partial charge < -0.3 is 20.5 Å². The number of rotatable bonds is 7. The highest BCUT2D eigenvalue weighted by Gasteiger charge is 2.38. The second-order valence-electron chi connectivity index (χ2n) is 8.65. The lowest BCUT2D eigenvalue weighted by atomic mass is 10.0. The maximum absolute atomic E-state index is 13.0. The van der Waals surface area contributed by atoms with Gasteiger partial charge in [0.05, 0.1) is 0 Å². The Kier molecular flexibility index (Phi) is 8.01. The summed E-state index contributed by atoms with van der Waals surface area (Å²) in [6.45, 7) is 6.99. The van der Waals surface area contributed by atoms with E-state index in [2.05, 4.69) is 10.6 Å². The third-order valence-electron chi connectivity index (χ3n) is 4.83. The van der Waals surface area contributed by atoms with Crippen LogP contribution < -0.4 is 10.6 Å². The molecule has 170 valence electrons. The topological polar surface area (TPSA) is 125 Å². The molecule has 1 aliphatic heterocycles. The average molecular weight is 434 g/mol. The lowest BCUT2D eigenvalue weighted by molar-refractivity contribution is -0.141. The number of carboxylic acid groups (broad SMARTS) is 1. The Hall–Kier alpha value is -3.10.